The van der Waals surface area contributed by atoms with Crippen LogP contribution in [0.1, 0.15) is 28.4 Å². The molecule has 2 aliphatic rings. The van der Waals surface area contributed by atoms with Crippen molar-refractivity contribution in [2.24, 2.45) is 7.05 Å². The number of nitrogens with zero attached hydrogens (tertiary/aromatic N) is 3. The summed E-state index contributed by atoms with van der Waals surface area (Å²) in [6.07, 6.45) is 2.39. The lowest BCUT2D eigenvalue weighted by molar-refractivity contribution is -0.144. The summed E-state index contributed by atoms with van der Waals surface area (Å²) in [6, 6.07) is 3.85. The Hall–Kier alpha value is -2.43. The van der Waals surface area contributed by atoms with Crippen molar-refractivity contribution < 1.29 is 28.2 Å². The number of fused-ring (bicyclic) bond motifs is 1. The molecule has 4 rings (SSSR count). The molecule has 2 fully saturated rings. The van der Waals surface area contributed by atoms with E-state index in [0.29, 0.717) is 43.5 Å². The summed E-state index contributed by atoms with van der Waals surface area (Å²) in [6.45, 7) is 2.22. The fourth-order valence-electron chi connectivity index (χ4n) is 4.68. The van der Waals surface area contributed by atoms with Crippen LogP contribution in [0.3, 0.4) is 0 Å². The van der Waals surface area contributed by atoms with Crippen molar-refractivity contribution in [2.75, 3.05) is 37.7 Å². The molecule has 0 unspecified atom stereocenters. The second-order valence-electron chi connectivity index (χ2n) is 8.10. The van der Waals surface area contributed by atoms with E-state index in [4.69, 9.17) is 0 Å². The van der Waals surface area contributed by atoms with Gasteiger partial charge in [0.1, 0.15) is 6.04 Å². The van der Waals surface area contributed by atoms with E-state index in [1.807, 2.05) is 16.5 Å². The highest BCUT2D eigenvalue weighted by atomic mass is 32.2. The zero-order valence-electron chi connectivity index (χ0n) is 16.7. The SMILES string of the molecule is Cn1cc([C@@H](C(=O)O)N2CCN([C@H]3CCS(=O)(=O)C3)CC2)c2cc(C(=O)O)ccc21. The van der Waals surface area contributed by atoms with Gasteiger partial charge in [-0.15, -0.1) is 0 Å². The monoisotopic (exact) mass is 435 g/mol. The molecule has 0 amide bonds. The first kappa shape index (κ1) is 20.8. The smallest absolute Gasteiger partial charge is 0.335 e. The van der Waals surface area contributed by atoms with E-state index < -0.39 is 27.8 Å². The molecule has 9 nitrogen and oxygen atoms in total. The van der Waals surface area contributed by atoms with Gasteiger partial charge in [-0.3, -0.25) is 14.6 Å². The van der Waals surface area contributed by atoms with Crippen LogP contribution in [0.15, 0.2) is 24.4 Å². The van der Waals surface area contributed by atoms with Crippen molar-refractivity contribution in [3.05, 3.63) is 35.5 Å². The quantitative estimate of drug-likeness (QED) is 0.708. The molecule has 30 heavy (non-hydrogen) atoms. The predicted molar refractivity (Wildman–Crippen MR) is 110 cm³/mol. The van der Waals surface area contributed by atoms with Gasteiger partial charge in [0.2, 0.25) is 0 Å². The predicted octanol–water partition coefficient (Wildman–Crippen LogP) is 0.807. The van der Waals surface area contributed by atoms with Crippen LogP contribution in [0.4, 0.5) is 0 Å². The summed E-state index contributed by atoms with van der Waals surface area (Å²) in [7, 11) is -1.15. The number of piperazine rings is 1. The number of hydrogen-bond acceptors (Lipinski definition) is 6. The van der Waals surface area contributed by atoms with E-state index in [1.54, 1.807) is 12.3 Å². The van der Waals surface area contributed by atoms with Crippen molar-refractivity contribution in [1.82, 2.24) is 14.4 Å². The second kappa shape index (κ2) is 7.68. The molecular formula is C20H25N3O6S. The molecule has 1 aromatic heterocycles. The van der Waals surface area contributed by atoms with Crippen molar-refractivity contribution in [3.63, 3.8) is 0 Å². The second-order valence-corrected chi connectivity index (χ2v) is 10.3. The number of aryl methyl sites for hydroxylation is 1. The number of sulfone groups is 1. The van der Waals surface area contributed by atoms with Gasteiger partial charge in [-0.1, -0.05) is 0 Å². The Kier molecular flexibility index (Phi) is 5.33. The van der Waals surface area contributed by atoms with Crippen LogP contribution >= 0.6 is 0 Å². The zero-order valence-corrected chi connectivity index (χ0v) is 17.5. The minimum atomic E-state index is -2.96. The molecule has 1 aromatic carbocycles. The standard InChI is InChI=1S/C20H25N3O6S/c1-21-11-16(15-10-13(19(24)25)2-3-17(15)21)18(20(26)27)23-7-5-22(6-8-23)14-4-9-30(28,29)12-14/h2-3,10-11,14,18H,4-9,12H2,1H3,(H,24,25)(H,26,27)/t14-,18-/m0/s1. The fourth-order valence-corrected chi connectivity index (χ4v) is 6.45. The highest BCUT2D eigenvalue weighted by Crippen LogP contribution is 2.32. The maximum atomic E-state index is 12.2. The summed E-state index contributed by atoms with van der Waals surface area (Å²) in [5, 5.41) is 20.0. The molecular weight excluding hydrogens is 410 g/mol. The molecule has 0 bridgehead atoms. The molecule has 162 valence electrons. The van der Waals surface area contributed by atoms with Crippen molar-refractivity contribution >= 4 is 32.7 Å². The Bertz CT molecular complexity index is 1100. The van der Waals surface area contributed by atoms with Gasteiger partial charge < -0.3 is 14.8 Å². The fraction of sp³-hybridized carbons (Fsp3) is 0.500. The van der Waals surface area contributed by atoms with Crippen LogP contribution < -0.4 is 0 Å². The van der Waals surface area contributed by atoms with E-state index in [9.17, 15) is 28.2 Å². The number of carbonyl (C=O) groups is 2. The Labute approximate surface area is 174 Å². The van der Waals surface area contributed by atoms with Gasteiger partial charge in [-0.2, -0.15) is 0 Å². The summed E-state index contributed by atoms with van der Waals surface area (Å²) in [5.41, 5.74) is 1.46. The lowest BCUT2D eigenvalue weighted by atomic mass is 10.0. The third kappa shape index (κ3) is 3.82. The Morgan fingerprint density at radius 2 is 1.83 bits per heavy atom. The maximum Gasteiger partial charge on any atom is 0.335 e. The van der Waals surface area contributed by atoms with Crippen molar-refractivity contribution in [1.29, 1.82) is 0 Å². The van der Waals surface area contributed by atoms with Gasteiger partial charge in [-0.05, 0) is 24.6 Å². The van der Waals surface area contributed by atoms with Gasteiger partial charge in [0.05, 0.1) is 17.1 Å². The third-order valence-corrected chi connectivity index (χ3v) is 7.98. The van der Waals surface area contributed by atoms with Gasteiger partial charge in [0, 0.05) is 61.9 Å². The number of aromatic nitrogens is 1. The summed E-state index contributed by atoms with van der Waals surface area (Å²) < 4.78 is 25.4. The van der Waals surface area contributed by atoms with Crippen LogP contribution in [0, 0.1) is 0 Å². The topological polar surface area (TPSA) is 120 Å². The lowest BCUT2D eigenvalue weighted by Gasteiger charge is -2.40. The molecule has 10 heteroatoms. The lowest BCUT2D eigenvalue weighted by Crippen LogP contribution is -2.52. The van der Waals surface area contributed by atoms with Crippen LogP contribution in [0.25, 0.3) is 10.9 Å². The van der Waals surface area contributed by atoms with Gasteiger partial charge in [-0.25, -0.2) is 13.2 Å². The maximum absolute atomic E-state index is 12.2. The van der Waals surface area contributed by atoms with Crippen molar-refractivity contribution in [3.8, 4) is 0 Å². The van der Waals surface area contributed by atoms with Gasteiger partial charge >= 0.3 is 11.9 Å². The highest BCUT2D eigenvalue weighted by Gasteiger charge is 2.37. The first-order valence-electron chi connectivity index (χ1n) is 9.90. The van der Waals surface area contributed by atoms with E-state index in [0.717, 1.165) is 5.52 Å². The zero-order chi connectivity index (χ0) is 21.6. The molecule has 0 saturated carbocycles. The van der Waals surface area contributed by atoms with E-state index >= 15 is 0 Å². The van der Waals surface area contributed by atoms with Crippen LogP contribution in [-0.4, -0.2) is 88.7 Å². The van der Waals surface area contributed by atoms with E-state index in [-0.39, 0.29) is 23.1 Å². The first-order chi connectivity index (χ1) is 14.2. The number of rotatable bonds is 5. The molecule has 2 N–H and O–H groups in total. The number of aliphatic carboxylic acids is 1. The molecule has 0 aliphatic carbocycles. The first-order valence-corrected chi connectivity index (χ1v) is 11.7. The van der Waals surface area contributed by atoms with Crippen molar-refractivity contribution in [2.45, 2.75) is 18.5 Å². The molecule has 2 aliphatic heterocycles. The van der Waals surface area contributed by atoms with Gasteiger partial charge in [0.15, 0.2) is 9.84 Å². The average Bonchev–Trinajstić information content (AvgIpc) is 3.21. The molecule has 0 radical (unpaired) electrons. The van der Waals surface area contributed by atoms with Crippen LogP contribution in [0.2, 0.25) is 0 Å². The number of benzene rings is 1. The van der Waals surface area contributed by atoms with Crippen LogP contribution in [-0.2, 0) is 21.7 Å². The molecule has 2 saturated heterocycles. The highest BCUT2D eigenvalue weighted by molar-refractivity contribution is 7.91. The minimum absolute atomic E-state index is 0.0103. The molecule has 2 atom stereocenters. The third-order valence-electron chi connectivity index (χ3n) is 6.23. The molecule has 2 aromatic rings. The Morgan fingerprint density at radius 1 is 1.13 bits per heavy atom. The van der Waals surface area contributed by atoms with E-state index in [2.05, 4.69) is 4.90 Å². The number of carboxylic acid groups (broad SMARTS) is 2. The Balaban J connectivity index is 1.59. The minimum Gasteiger partial charge on any atom is -0.480 e. The normalized spacial score (nSPS) is 23.6. The van der Waals surface area contributed by atoms with Crippen LogP contribution in [0.5, 0.6) is 0 Å². The van der Waals surface area contributed by atoms with Gasteiger partial charge in [0.25, 0.3) is 0 Å². The summed E-state index contributed by atoms with van der Waals surface area (Å²) in [4.78, 5) is 27.7. The average molecular weight is 436 g/mol. The summed E-state index contributed by atoms with van der Waals surface area (Å²) >= 11 is 0. The Morgan fingerprint density at radius 3 is 2.40 bits per heavy atom. The largest absolute Gasteiger partial charge is 0.480 e. The molecule has 0 spiro atoms. The number of aromatic carboxylic acids is 1. The summed E-state index contributed by atoms with van der Waals surface area (Å²) in [5.74, 6) is -1.65. The number of hydrogen-bond donors (Lipinski definition) is 2. The van der Waals surface area contributed by atoms with E-state index in [1.165, 1.54) is 12.1 Å². The number of carboxylic acids is 2. The molecule has 3 heterocycles.